The van der Waals surface area contributed by atoms with E-state index in [0.717, 1.165) is 17.5 Å². The first-order valence-electron chi connectivity index (χ1n) is 12.6. The van der Waals surface area contributed by atoms with Crippen molar-refractivity contribution in [2.75, 3.05) is 18.6 Å². The van der Waals surface area contributed by atoms with Crippen LogP contribution in [0.5, 0.6) is 5.75 Å². The minimum absolute atomic E-state index is 0.112. The number of hydrogen-bond donors (Lipinski definition) is 0. The Labute approximate surface area is 215 Å². The lowest BCUT2D eigenvalue weighted by Gasteiger charge is -2.36. The zero-order valence-electron chi connectivity index (χ0n) is 20.6. The van der Waals surface area contributed by atoms with Gasteiger partial charge in [0.1, 0.15) is 17.9 Å². The fraction of sp³-hybridized carbons (Fsp3) is 0.300. The van der Waals surface area contributed by atoms with Crippen LogP contribution in [0.25, 0.3) is 0 Å². The van der Waals surface area contributed by atoms with Crippen molar-refractivity contribution in [2.24, 2.45) is 11.8 Å². The van der Waals surface area contributed by atoms with Gasteiger partial charge in [0.25, 0.3) is 0 Å². The number of nitrogens with zero attached hydrogens (tertiary/aromatic N) is 2. The van der Waals surface area contributed by atoms with Crippen LogP contribution >= 0.6 is 0 Å². The van der Waals surface area contributed by atoms with Gasteiger partial charge in [0.15, 0.2) is 0 Å². The van der Waals surface area contributed by atoms with Crippen LogP contribution in [0.4, 0.5) is 5.69 Å². The molecule has 7 nitrogen and oxygen atoms in total. The summed E-state index contributed by atoms with van der Waals surface area (Å²) in [6, 6.07) is 25.6. The summed E-state index contributed by atoms with van der Waals surface area (Å²) in [5.41, 5.74) is 1.04. The Morgan fingerprint density at radius 3 is 2.41 bits per heavy atom. The van der Waals surface area contributed by atoms with Gasteiger partial charge in [-0.25, -0.2) is 4.90 Å². The van der Waals surface area contributed by atoms with Crippen LogP contribution in [0.1, 0.15) is 30.0 Å². The summed E-state index contributed by atoms with van der Waals surface area (Å²) in [7, 11) is 1.60. The fourth-order valence-electron chi connectivity index (χ4n) is 6.53. The zero-order valence-corrected chi connectivity index (χ0v) is 20.6. The van der Waals surface area contributed by atoms with Crippen LogP contribution in [-0.2, 0) is 25.7 Å². The Balaban J connectivity index is 1.45. The third kappa shape index (κ3) is 3.56. The molecule has 2 amide bonds. The Kier molecular flexibility index (Phi) is 5.80. The molecule has 0 aliphatic carbocycles. The van der Waals surface area contributed by atoms with Crippen LogP contribution < -0.4 is 9.64 Å². The van der Waals surface area contributed by atoms with Crippen molar-refractivity contribution >= 4 is 23.5 Å². The number of fused-ring (bicyclic) bond motifs is 3. The maximum Gasteiger partial charge on any atom is 0.327 e. The second-order valence-electron chi connectivity index (χ2n) is 9.86. The molecule has 188 valence electrons. The topological polar surface area (TPSA) is 76.1 Å². The first-order chi connectivity index (χ1) is 18.1. The number of imide groups is 1. The van der Waals surface area contributed by atoms with E-state index in [1.54, 1.807) is 31.4 Å². The van der Waals surface area contributed by atoms with Crippen molar-refractivity contribution in [1.82, 2.24) is 4.90 Å². The number of benzene rings is 3. The molecule has 7 heteroatoms. The average Bonchev–Trinajstić information content (AvgIpc) is 3.57. The van der Waals surface area contributed by atoms with Crippen molar-refractivity contribution in [3.63, 3.8) is 0 Å². The van der Waals surface area contributed by atoms with Gasteiger partial charge in [-0.15, -0.1) is 0 Å². The molecule has 0 spiro atoms. The summed E-state index contributed by atoms with van der Waals surface area (Å²) < 4.78 is 11.4. The van der Waals surface area contributed by atoms with Gasteiger partial charge < -0.3 is 9.47 Å². The number of carbonyl (C=O) groups excluding carboxylic acids is 3. The first kappa shape index (κ1) is 23.4. The highest BCUT2D eigenvalue weighted by Crippen LogP contribution is 2.60. The molecule has 3 saturated heterocycles. The van der Waals surface area contributed by atoms with Gasteiger partial charge in [0, 0.05) is 6.04 Å². The second kappa shape index (κ2) is 9.16. The lowest BCUT2D eigenvalue weighted by atomic mass is 9.77. The normalized spacial score (nSPS) is 26.7. The zero-order chi connectivity index (χ0) is 25.6. The molecule has 4 unspecified atom stereocenters. The van der Waals surface area contributed by atoms with Crippen molar-refractivity contribution in [3.8, 4) is 5.75 Å². The Hall–Kier alpha value is -3.97. The van der Waals surface area contributed by atoms with Crippen LogP contribution in [0.2, 0.25) is 0 Å². The number of ether oxygens (including phenoxy) is 2. The number of amides is 2. The summed E-state index contributed by atoms with van der Waals surface area (Å²) in [5, 5.41) is 0. The van der Waals surface area contributed by atoms with E-state index in [1.165, 1.54) is 4.90 Å². The van der Waals surface area contributed by atoms with Gasteiger partial charge in [0.2, 0.25) is 11.8 Å². The maximum atomic E-state index is 14.1. The van der Waals surface area contributed by atoms with E-state index < -0.39 is 29.4 Å². The number of methoxy groups -OCH3 is 1. The van der Waals surface area contributed by atoms with Crippen LogP contribution in [0.3, 0.4) is 0 Å². The molecular formula is C30H28N2O5. The molecule has 3 heterocycles. The predicted octanol–water partition coefficient (Wildman–Crippen LogP) is 4.13. The van der Waals surface area contributed by atoms with E-state index in [-0.39, 0.29) is 18.4 Å². The van der Waals surface area contributed by atoms with E-state index in [1.807, 2.05) is 60.7 Å². The molecule has 0 aromatic heterocycles. The van der Waals surface area contributed by atoms with Crippen molar-refractivity contribution in [1.29, 1.82) is 0 Å². The maximum absolute atomic E-state index is 14.1. The summed E-state index contributed by atoms with van der Waals surface area (Å²) in [6.07, 6.45) is 1.20. The van der Waals surface area contributed by atoms with Crippen molar-refractivity contribution in [2.45, 2.75) is 31.0 Å². The third-order valence-corrected chi connectivity index (χ3v) is 8.03. The summed E-state index contributed by atoms with van der Waals surface area (Å²) in [6.45, 7) is 0.711. The molecule has 3 aromatic rings. The highest BCUT2D eigenvalue weighted by molar-refractivity contribution is 6.24. The van der Waals surface area contributed by atoms with E-state index >= 15 is 0 Å². The predicted molar refractivity (Wildman–Crippen MR) is 137 cm³/mol. The molecule has 3 aliphatic heterocycles. The second-order valence-corrected chi connectivity index (χ2v) is 9.86. The van der Waals surface area contributed by atoms with Crippen molar-refractivity contribution < 1.29 is 23.9 Å². The molecule has 6 rings (SSSR count). The Morgan fingerprint density at radius 1 is 0.946 bits per heavy atom. The lowest BCUT2D eigenvalue weighted by Crippen LogP contribution is -2.54. The highest BCUT2D eigenvalue weighted by Gasteiger charge is 2.73. The minimum atomic E-state index is -1.20. The van der Waals surface area contributed by atoms with E-state index in [9.17, 15) is 14.4 Å². The molecule has 0 saturated carbocycles. The first-order valence-corrected chi connectivity index (χ1v) is 12.6. The van der Waals surface area contributed by atoms with Crippen molar-refractivity contribution in [3.05, 3.63) is 96.1 Å². The highest BCUT2D eigenvalue weighted by atomic mass is 16.5. The number of carbonyl (C=O) groups is 3. The average molecular weight is 497 g/mol. The van der Waals surface area contributed by atoms with E-state index in [4.69, 9.17) is 9.47 Å². The Morgan fingerprint density at radius 2 is 1.68 bits per heavy atom. The number of para-hydroxylation sites is 1. The molecule has 37 heavy (non-hydrogen) atoms. The Bertz CT molecular complexity index is 1340. The van der Waals surface area contributed by atoms with Gasteiger partial charge in [-0.1, -0.05) is 60.7 Å². The molecule has 4 atom stereocenters. The molecule has 3 fully saturated rings. The van der Waals surface area contributed by atoms with Gasteiger partial charge in [-0.2, -0.15) is 0 Å². The van der Waals surface area contributed by atoms with Gasteiger partial charge in [0.05, 0.1) is 24.6 Å². The smallest absolute Gasteiger partial charge is 0.327 e. The quantitative estimate of drug-likeness (QED) is 0.377. The van der Waals surface area contributed by atoms with Gasteiger partial charge >= 0.3 is 5.97 Å². The summed E-state index contributed by atoms with van der Waals surface area (Å²) in [4.78, 5) is 45.4. The van der Waals surface area contributed by atoms with Crippen LogP contribution in [-0.4, -0.2) is 41.9 Å². The summed E-state index contributed by atoms with van der Waals surface area (Å²) in [5.74, 6) is -1.93. The molecule has 0 bridgehead atoms. The molecule has 0 radical (unpaired) electrons. The monoisotopic (exact) mass is 496 g/mol. The van der Waals surface area contributed by atoms with Gasteiger partial charge in [-0.05, 0) is 54.8 Å². The lowest BCUT2D eigenvalue weighted by molar-refractivity contribution is -0.161. The van der Waals surface area contributed by atoms with Crippen LogP contribution in [0.15, 0.2) is 84.9 Å². The third-order valence-electron chi connectivity index (χ3n) is 8.03. The number of esters is 1. The number of anilines is 1. The standard InChI is InChI=1S/C30H28N2O5/c1-36-23-15-8-12-21(18-23)26-24-25(28(34)32(27(24)33)22-13-6-3-7-14-22)30(16-9-17-31(26)30)29(35)37-19-20-10-4-2-5-11-20/h2-8,10-15,18,24-26H,9,16-17,19H2,1H3. The SMILES string of the molecule is COc1cccc(C2C3C(=O)N(c4ccccc4)C(=O)C3C3(C(=O)OCc4ccccc4)CCCN23)c1. The molecule has 3 aromatic carbocycles. The minimum Gasteiger partial charge on any atom is -0.497 e. The number of rotatable bonds is 6. The van der Waals surface area contributed by atoms with E-state index in [2.05, 4.69) is 4.90 Å². The molecule has 3 aliphatic rings. The van der Waals surface area contributed by atoms with Gasteiger partial charge in [-0.3, -0.25) is 19.3 Å². The number of hydrogen-bond acceptors (Lipinski definition) is 6. The molecule has 0 N–H and O–H groups in total. The largest absolute Gasteiger partial charge is 0.497 e. The molecular weight excluding hydrogens is 468 g/mol. The van der Waals surface area contributed by atoms with Crippen LogP contribution in [0, 0.1) is 11.8 Å². The fourth-order valence-corrected chi connectivity index (χ4v) is 6.53. The van der Waals surface area contributed by atoms with E-state index in [0.29, 0.717) is 24.4 Å². The summed E-state index contributed by atoms with van der Waals surface area (Å²) >= 11 is 0.